The number of aromatic nitrogens is 1. The number of aliphatic hydroxyl groups excluding tert-OH is 1. The fourth-order valence-corrected chi connectivity index (χ4v) is 4.01. The second kappa shape index (κ2) is 7.90. The summed E-state index contributed by atoms with van der Waals surface area (Å²) >= 11 is 1.76. The maximum atomic E-state index is 9.54. The molecule has 1 fully saturated rings. The molecule has 1 unspecified atom stereocenters. The maximum absolute atomic E-state index is 9.54. The Kier molecular flexibility index (Phi) is 5.65. The third kappa shape index (κ3) is 4.10. The molecule has 1 aliphatic heterocycles. The van der Waals surface area contributed by atoms with Crippen LogP contribution in [0.25, 0.3) is 0 Å². The van der Waals surface area contributed by atoms with Crippen molar-refractivity contribution >= 4 is 11.3 Å². The predicted octanol–water partition coefficient (Wildman–Crippen LogP) is 3.41. The van der Waals surface area contributed by atoms with Crippen molar-refractivity contribution in [2.45, 2.75) is 38.8 Å². The lowest BCUT2D eigenvalue weighted by Gasteiger charge is -2.32. The van der Waals surface area contributed by atoms with Crippen LogP contribution in [-0.2, 0) is 13.2 Å². The monoisotopic (exact) mass is 332 g/mol. The standard InChI is InChI=1S/C18H24N2O2S/c1-2-22-17-6-5-14(10-16(17)13-21)11-20-8-3-4-15(12-20)18-19-7-9-23-18/h5-7,9-10,15,21H,2-4,8,11-13H2,1H3. The fourth-order valence-electron chi connectivity index (χ4n) is 3.25. The molecule has 2 aromatic rings. The summed E-state index contributed by atoms with van der Waals surface area (Å²) < 4.78 is 5.56. The Morgan fingerprint density at radius 1 is 1.43 bits per heavy atom. The van der Waals surface area contributed by atoms with Gasteiger partial charge in [0.15, 0.2) is 0 Å². The molecule has 1 aliphatic rings. The van der Waals surface area contributed by atoms with E-state index >= 15 is 0 Å². The minimum atomic E-state index is 0.0188. The van der Waals surface area contributed by atoms with E-state index in [-0.39, 0.29) is 6.61 Å². The number of hydrogen-bond donors (Lipinski definition) is 1. The first-order valence-corrected chi connectivity index (χ1v) is 9.15. The van der Waals surface area contributed by atoms with E-state index in [2.05, 4.69) is 27.4 Å². The number of nitrogens with zero attached hydrogens (tertiary/aromatic N) is 2. The molecule has 0 amide bonds. The smallest absolute Gasteiger partial charge is 0.124 e. The summed E-state index contributed by atoms with van der Waals surface area (Å²) in [6.45, 7) is 5.71. The molecule has 1 saturated heterocycles. The number of hydrogen-bond acceptors (Lipinski definition) is 5. The van der Waals surface area contributed by atoms with Gasteiger partial charge in [0.25, 0.3) is 0 Å². The lowest BCUT2D eigenvalue weighted by molar-refractivity contribution is 0.199. The Hall–Kier alpha value is -1.43. The number of ether oxygens (including phenoxy) is 1. The Morgan fingerprint density at radius 3 is 3.09 bits per heavy atom. The van der Waals surface area contributed by atoms with Crippen molar-refractivity contribution in [3.63, 3.8) is 0 Å². The number of thiazole rings is 1. The largest absolute Gasteiger partial charge is 0.494 e. The quantitative estimate of drug-likeness (QED) is 0.880. The molecule has 1 aromatic heterocycles. The lowest BCUT2D eigenvalue weighted by atomic mass is 9.98. The zero-order valence-corrected chi connectivity index (χ0v) is 14.4. The highest BCUT2D eigenvalue weighted by atomic mass is 32.1. The van der Waals surface area contributed by atoms with Crippen molar-refractivity contribution in [1.29, 1.82) is 0 Å². The molecule has 1 aromatic carbocycles. The van der Waals surface area contributed by atoms with Crippen molar-refractivity contribution in [3.8, 4) is 5.75 Å². The molecule has 23 heavy (non-hydrogen) atoms. The highest BCUT2D eigenvalue weighted by molar-refractivity contribution is 7.09. The average Bonchev–Trinajstić information content (AvgIpc) is 3.11. The van der Waals surface area contributed by atoms with E-state index in [1.165, 1.54) is 23.4 Å². The highest BCUT2D eigenvalue weighted by Crippen LogP contribution is 2.29. The van der Waals surface area contributed by atoms with Crippen molar-refractivity contribution in [3.05, 3.63) is 45.9 Å². The summed E-state index contributed by atoms with van der Waals surface area (Å²) in [6, 6.07) is 6.15. The van der Waals surface area contributed by atoms with Crippen LogP contribution in [0.4, 0.5) is 0 Å². The zero-order valence-electron chi connectivity index (χ0n) is 13.6. The van der Waals surface area contributed by atoms with E-state index in [0.717, 1.165) is 30.9 Å². The van der Waals surface area contributed by atoms with E-state index in [1.54, 1.807) is 11.3 Å². The number of rotatable bonds is 6. The van der Waals surface area contributed by atoms with Gasteiger partial charge in [0.2, 0.25) is 0 Å². The van der Waals surface area contributed by atoms with E-state index in [9.17, 15) is 5.11 Å². The van der Waals surface area contributed by atoms with Gasteiger partial charge in [-0.15, -0.1) is 11.3 Å². The van der Waals surface area contributed by atoms with Crippen LogP contribution >= 0.6 is 11.3 Å². The van der Waals surface area contributed by atoms with Gasteiger partial charge in [-0.1, -0.05) is 6.07 Å². The molecular formula is C18H24N2O2S. The van der Waals surface area contributed by atoms with Gasteiger partial charge in [-0.3, -0.25) is 4.90 Å². The molecule has 1 N–H and O–H groups in total. The Morgan fingerprint density at radius 2 is 2.35 bits per heavy atom. The minimum absolute atomic E-state index is 0.0188. The van der Waals surface area contributed by atoms with Crippen molar-refractivity contribution < 1.29 is 9.84 Å². The van der Waals surface area contributed by atoms with E-state index < -0.39 is 0 Å². The number of piperidine rings is 1. The third-order valence-electron chi connectivity index (χ3n) is 4.31. The van der Waals surface area contributed by atoms with Crippen LogP contribution in [0.2, 0.25) is 0 Å². The van der Waals surface area contributed by atoms with E-state index in [4.69, 9.17) is 4.74 Å². The van der Waals surface area contributed by atoms with Crippen LogP contribution < -0.4 is 4.74 Å². The molecule has 5 heteroatoms. The van der Waals surface area contributed by atoms with Gasteiger partial charge >= 0.3 is 0 Å². The summed E-state index contributed by atoms with van der Waals surface area (Å²) in [4.78, 5) is 6.98. The first-order chi connectivity index (χ1) is 11.3. The molecule has 0 bridgehead atoms. The first-order valence-electron chi connectivity index (χ1n) is 8.27. The number of benzene rings is 1. The van der Waals surface area contributed by atoms with Crippen molar-refractivity contribution in [2.75, 3.05) is 19.7 Å². The van der Waals surface area contributed by atoms with Gasteiger partial charge in [0.1, 0.15) is 5.75 Å². The molecule has 0 radical (unpaired) electrons. The molecule has 0 saturated carbocycles. The van der Waals surface area contributed by atoms with Gasteiger partial charge in [0, 0.05) is 36.1 Å². The second-order valence-corrected chi connectivity index (χ2v) is 6.90. The highest BCUT2D eigenvalue weighted by Gasteiger charge is 2.23. The molecule has 3 rings (SSSR count). The topological polar surface area (TPSA) is 45.6 Å². The maximum Gasteiger partial charge on any atom is 0.124 e. The van der Waals surface area contributed by atoms with Crippen molar-refractivity contribution in [1.82, 2.24) is 9.88 Å². The summed E-state index contributed by atoms with van der Waals surface area (Å²) in [5.41, 5.74) is 2.11. The summed E-state index contributed by atoms with van der Waals surface area (Å²) in [5.74, 6) is 1.35. The summed E-state index contributed by atoms with van der Waals surface area (Å²) in [7, 11) is 0. The third-order valence-corrected chi connectivity index (χ3v) is 5.25. The van der Waals surface area contributed by atoms with Gasteiger partial charge in [0.05, 0.1) is 18.2 Å². The second-order valence-electron chi connectivity index (χ2n) is 5.98. The van der Waals surface area contributed by atoms with Crippen LogP contribution in [0, 0.1) is 0 Å². The van der Waals surface area contributed by atoms with Crippen LogP contribution in [0.3, 0.4) is 0 Å². The van der Waals surface area contributed by atoms with Gasteiger partial charge in [-0.2, -0.15) is 0 Å². The molecule has 0 aliphatic carbocycles. The molecule has 124 valence electrons. The van der Waals surface area contributed by atoms with Crippen LogP contribution in [0.15, 0.2) is 29.8 Å². The average molecular weight is 332 g/mol. The van der Waals surface area contributed by atoms with Gasteiger partial charge in [-0.25, -0.2) is 4.98 Å². The van der Waals surface area contributed by atoms with Crippen LogP contribution in [0.5, 0.6) is 5.75 Å². The van der Waals surface area contributed by atoms with Gasteiger partial charge in [-0.05, 0) is 44.0 Å². The fraction of sp³-hybridized carbons (Fsp3) is 0.500. The minimum Gasteiger partial charge on any atom is -0.494 e. The summed E-state index contributed by atoms with van der Waals surface area (Å²) in [6.07, 6.45) is 4.35. The zero-order chi connectivity index (χ0) is 16.1. The molecule has 0 spiro atoms. The Bertz CT molecular complexity index is 615. The SMILES string of the molecule is CCOc1ccc(CN2CCCC(c3nccs3)C2)cc1CO. The van der Waals surface area contributed by atoms with Crippen LogP contribution in [0.1, 0.15) is 41.8 Å². The van der Waals surface area contributed by atoms with E-state index in [1.807, 2.05) is 19.2 Å². The predicted molar refractivity (Wildman–Crippen MR) is 92.9 cm³/mol. The lowest BCUT2D eigenvalue weighted by Crippen LogP contribution is -2.33. The first kappa shape index (κ1) is 16.4. The Balaban J connectivity index is 1.66. The van der Waals surface area contributed by atoms with E-state index in [0.29, 0.717) is 12.5 Å². The van der Waals surface area contributed by atoms with Crippen molar-refractivity contribution in [2.24, 2.45) is 0 Å². The number of aliphatic hydroxyl groups is 1. The molecule has 4 nitrogen and oxygen atoms in total. The molecular weight excluding hydrogens is 308 g/mol. The number of likely N-dealkylation sites (tertiary alicyclic amines) is 1. The van der Waals surface area contributed by atoms with Gasteiger partial charge < -0.3 is 9.84 Å². The molecule has 2 heterocycles. The van der Waals surface area contributed by atoms with Crippen LogP contribution in [-0.4, -0.2) is 34.7 Å². The normalized spacial score (nSPS) is 19.0. The Labute approximate surface area is 141 Å². The molecule has 1 atom stereocenters. The summed E-state index contributed by atoms with van der Waals surface area (Å²) in [5, 5.41) is 12.9.